The van der Waals surface area contributed by atoms with Crippen molar-refractivity contribution in [2.75, 3.05) is 31.7 Å². The van der Waals surface area contributed by atoms with E-state index in [1.807, 2.05) is 0 Å². The van der Waals surface area contributed by atoms with E-state index in [-0.39, 0.29) is 0 Å². The average Bonchev–Trinajstić information content (AvgIpc) is 3.00. The molecule has 16 heavy (non-hydrogen) atoms. The maximum Gasteiger partial charge on any atom is 0.142 e. The molecule has 90 valence electrons. The molecule has 0 amide bonds. The van der Waals surface area contributed by atoms with Crippen LogP contribution in [0.15, 0.2) is 0 Å². The highest BCUT2D eigenvalue weighted by Crippen LogP contribution is 2.47. The molecule has 0 aliphatic heterocycles. The molecule has 1 aliphatic carbocycles. The molecule has 1 fully saturated rings. The number of nitrogen functional groups attached to an aromatic ring is 1. The highest BCUT2D eigenvalue weighted by molar-refractivity contribution is 7.10. The summed E-state index contributed by atoms with van der Waals surface area (Å²) in [4.78, 5) is 2.20. The Hall–Kier alpha value is -0.810. The summed E-state index contributed by atoms with van der Waals surface area (Å²) in [5.74, 6) is 1.39. The topological polar surface area (TPSA) is 54.2 Å². The van der Waals surface area contributed by atoms with Crippen LogP contribution in [0.3, 0.4) is 0 Å². The van der Waals surface area contributed by atoms with Gasteiger partial charge in [0, 0.05) is 18.2 Å². The third kappa shape index (κ3) is 2.47. The van der Waals surface area contributed by atoms with E-state index in [9.17, 15) is 0 Å². The van der Waals surface area contributed by atoms with E-state index in [1.165, 1.54) is 34.9 Å². The van der Waals surface area contributed by atoms with Crippen molar-refractivity contribution in [3.05, 3.63) is 5.56 Å². The fourth-order valence-electron chi connectivity index (χ4n) is 1.63. The number of likely N-dealkylation sites (N-methyl/N-ethyl adjacent to an activating group) is 1. The molecule has 1 aromatic heterocycles. The predicted octanol–water partition coefficient (Wildman–Crippen LogP) is 1.96. The van der Waals surface area contributed by atoms with Crippen LogP contribution in [-0.2, 0) is 0 Å². The van der Waals surface area contributed by atoms with Gasteiger partial charge in [0.25, 0.3) is 0 Å². The second-order valence-electron chi connectivity index (χ2n) is 4.78. The molecule has 1 unspecified atom stereocenters. The zero-order valence-electron chi connectivity index (χ0n) is 10.2. The van der Waals surface area contributed by atoms with Crippen molar-refractivity contribution in [3.8, 4) is 0 Å². The smallest absolute Gasteiger partial charge is 0.142 e. The normalized spacial score (nSPS) is 17.8. The third-order valence-electron chi connectivity index (χ3n) is 3.18. The minimum atomic E-state index is 0.510. The molecule has 1 aliphatic rings. The number of anilines is 2. The fourth-order valence-corrected chi connectivity index (χ4v) is 2.43. The van der Waals surface area contributed by atoms with Gasteiger partial charge in [-0.1, -0.05) is 0 Å². The van der Waals surface area contributed by atoms with Crippen LogP contribution in [-0.4, -0.2) is 36.0 Å². The predicted molar refractivity (Wildman–Crippen MR) is 70.1 cm³/mol. The molecule has 2 rings (SSSR count). The standard InChI is InChI=1S/C11H20N4S/c1-7(15(2)3)6-13-11-9(8-4-5-8)10(12)14-16-11/h7-8,13H,4-6H2,1-3H3,(H2,12,14). The molecule has 0 saturated heterocycles. The molecule has 0 aromatic carbocycles. The van der Waals surface area contributed by atoms with Gasteiger partial charge in [-0.15, -0.1) is 0 Å². The molecule has 1 heterocycles. The lowest BCUT2D eigenvalue weighted by atomic mass is 10.2. The molecule has 5 heteroatoms. The zero-order valence-corrected chi connectivity index (χ0v) is 11.0. The summed E-state index contributed by atoms with van der Waals surface area (Å²) in [5, 5.41) is 4.65. The first-order chi connectivity index (χ1) is 7.59. The Morgan fingerprint density at radius 1 is 1.56 bits per heavy atom. The summed E-state index contributed by atoms with van der Waals surface area (Å²) in [7, 11) is 4.18. The van der Waals surface area contributed by atoms with Crippen molar-refractivity contribution in [3.63, 3.8) is 0 Å². The van der Waals surface area contributed by atoms with Crippen molar-refractivity contribution >= 4 is 22.4 Å². The molecular formula is C11H20N4S. The highest BCUT2D eigenvalue weighted by Gasteiger charge is 2.30. The van der Waals surface area contributed by atoms with Gasteiger partial charge in [-0.05, 0) is 51.3 Å². The molecular weight excluding hydrogens is 220 g/mol. The Labute approximate surface area is 101 Å². The quantitative estimate of drug-likeness (QED) is 0.826. The number of hydrogen-bond donors (Lipinski definition) is 2. The van der Waals surface area contributed by atoms with Crippen LogP contribution >= 0.6 is 11.5 Å². The zero-order chi connectivity index (χ0) is 11.7. The first kappa shape index (κ1) is 11.7. The van der Waals surface area contributed by atoms with Crippen LogP contribution in [0.25, 0.3) is 0 Å². The Kier molecular flexibility index (Phi) is 3.35. The summed E-state index contributed by atoms with van der Waals surface area (Å²) in [5.41, 5.74) is 7.16. The molecule has 3 N–H and O–H groups in total. The van der Waals surface area contributed by atoms with Crippen molar-refractivity contribution in [2.45, 2.75) is 31.7 Å². The van der Waals surface area contributed by atoms with Crippen molar-refractivity contribution in [1.82, 2.24) is 9.27 Å². The lowest BCUT2D eigenvalue weighted by Gasteiger charge is -2.20. The Bertz CT molecular complexity index is 357. The van der Waals surface area contributed by atoms with Gasteiger partial charge >= 0.3 is 0 Å². The molecule has 0 spiro atoms. The number of nitrogens with zero attached hydrogens (tertiary/aromatic N) is 2. The van der Waals surface area contributed by atoms with E-state index < -0.39 is 0 Å². The van der Waals surface area contributed by atoms with E-state index in [4.69, 9.17) is 5.73 Å². The van der Waals surface area contributed by atoms with E-state index in [2.05, 4.69) is 35.6 Å². The molecule has 0 radical (unpaired) electrons. The maximum atomic E-state index is 5.90. The Morgan fingerprint density at radius 3 is 2.81 bits per heavy atom. The van der Waals surface area contributed by atoms with Crippen molar-refractivity contribution < 1.29 is 0 Å². The summed E-state index contributed by atoms with van der Waals surface area (Å²) < 4.78 is 4.24. The van der Waals surface area contributed by atoms with E-state index >= 15 is 0 Å². The Balaban J connectivity index is 1.99. The molecule has 1 aromatic rings. The van der Waals surface area contributed by atoms with Gasteiger partial charge in [0.05, 0.1) is 0 Å². The Morgan fingerprint density at radius 2 is 2.25 bits per heavy atom. The van der Waals surface area contributed by atoms with Gasteiger partial charge in [0.15, 0.2) is 0 Å². The molecule has 1 saturated carbocycles. The van der Waals surface area contributed by atoms with E-state index in [1.54, 1.807) is 0 Å². The van der Waals surface area contributed by atoms with Crippen LogP contribution in [0.5, 0.6) is 0 Å². The lowest BCUT2D eigenvalue weighted by molar-refractivity contribution is 0.326. The van der Waals surface area contributed by atoms with Crippen LogP contribution in [0.1, 0.15) is 31.2 Å². The molecule has 1 atom stereocenters. The summed E-state index contributed by atoms with van der Waals surface area (Å²) >= 11 is 1.49. The highest BCUT2D eigenvalue weighted by atomic mass is 32.1. The van der Waals surface area contributed by atoms with Gasteiger partial charge in [0.2, 0.25) is 0 Å². The first-order valence-corrected chi connectivity index (χ1v) is 6.52. The van der Waals surface area contributed by atoms with Crippen LogP contribution < -0.4 is 11.1 Å². The largest absolute Gasteiger partial charge is 0.383 e. The minimum absolute atomic E-state index is 0.510. The van der Waals surface area contributed by atoms with Crippen molar-refractivity contribution in [2.24, 2.45) is 0 Å². The van der Waals surface area contributed by atoms with Crippen LogP contribution in [0.4, 0.5) is 10.8 Å². The minimum Gasteiger partial charge on any atom is -0.383 e. The summed E-state index contributed by atoms with van der Waals surface area (Å²) in [6, 6.07) is 0.510. The fraction of sp³-hybridized carbons (Fsp3) is 0.727. The first-order valence-electron chi connectivity index (χ1n) is 5.75. The average molecular weight is 240 g/mol. The van der Waals surface area contributed by atoms with Gasteiger partial charge in [-0.3, -0.25) is 0 Å². The number of nitrogens with one attached hydrogen (secondary N) is 1. The van der Waals surface area contributed by atoms with Crippen LogP contribution in [0.2, 0.25) is 0 Å². The SMILES string of the molecule is CC(CNc1snc(N)c1C1CC1)N(C)C. The second kappa shape index (κ2) is 4.59. The van der Waals surface area contributed by atoms with Gasteiger partial charge in [-0.2, -0.15) is 4.37 Å². The second-order valence-corrected chi connectivity index (χ2v) is 5.55. The van der Waals surface area contributed by atoms with Gasteiger partial charge in [-0.25, -0.2) is 0 Å². The summed E-state index contributed by atoms with van der Waals surface area (Å²) in [6.07, 6.45) is 2.53. The van der Waals surface area contributed by atoms with Gasteiger partial charge in [0.1, 0.15) is 10.8 Å². The third-order valence-corrected chi connectivity index (χ3v) is 4.02. The number of rotatable bonds is 5. The van der Waals surface area contributed by atoms with Crippen molar-refractivity contribution in [1.29, 1.82) is 0 Å². The van der Waals surface area contributed by atoms with Crippen LogP contribution in [0, 0.1) is 0 Å². The monoisotopic (exact) mass is 240 g/mol. The van der Waals surface area contributed by atoms with E-state index in [0.717, 1.165) is 12.4 Å². The number of nitrogens with two attached hydrogens (primary N) is 1. The number of hydrogen-bond acceptors (Lipinski definition) is 5. The van der Waals surface area contributed by atoms with Gasteiger partial charge < -0.3 is 16.0 Å². The van der Waals surface area contributed by atoms with E-state index in [0.29, 0.717) is 12.0 Å². The maximum absolute atomic E-state index is 5.90. The molecule has 0 bridgehead atoms. The summed E-state index contributed by atoms with van der Waals surface area (Å²) in [6.45, 7) is 3.14. The number of aromatic nitrogens is 1. The lowest BCUT2D eigenvalue weighted by Crippen LogP contribution is -2.31. The molecule has 4 nitrogen and oxygen atoms in total.